The van der Waals surface area contributed by atoms with Crippen molar-refractivity contribution in [2.24, 2.45) is 17.2 Å². The largest absolute Gasteiger partial charge is 0.480 e. The molecule has 17 nitrogen and oxygen atoms in total. The average Bonchev–Trinajstić information content (AvgIpc) is 3.52. The summed E-state index contributed by atoms with van der Waals surface area (Å²) in [5, 5.41) is 17.2. The van der Waals surface area contributed by atoms with Gasteiger partial charge in [-0.25, -0.2) is 9.36 Å². The van der Waals surface area contributed by atoms with Crippen molar-refractivity contribution in [2.75, 3.05) is 19.6 Å². The molecular formula is C30H50N7O10P. The quantitative estimate of drug-likeness (QED) is 0.0541. The average molecular weight is 700 g/mol. The molecule has 1 fully saturated rings. The Bertz CT molecular complexity index is 1270. The fourth-order valence-electron chi connectivity index (χ4n) is 5.39. The SMILES string of the molecule is C[C@@H](OP(=O)(O)O)[C@H](NC(=O)[C@H](Cc1ccccc1)NC(=O)[C@@H](N)CCCCN)C(=O)N1CCC[C@H]1C(=O)N[C@@H](CCCCN)C(=O)O. The van der Waals surface area contributed by atoms with Gasteiger partial charge in [-0.15, -0.1) is 0 Å². The first-order valence-electron chi connectivity index (χ1n) is 16.1. The lowest BCUT2D eigenvalue weighted by Crippen LogP contribution is -2.61. The number of carboxylic acids is 1. The van der Waals surface area contributed by atoms with Crippen molar-refractivity contribution in [1.82, 2.24) is 20.9 Å². The molecular weight excluding hydrogens is 649 g/mol. The molecule has 48 heavy (non-hydrogen) atoms. The molecule has 12 N–H and O–H groups in total. The van der Waals surface area contributed by atoms with Gasteiger partial charge in [0, 0.05) is 13.0 Å². The normalized spacial score (nSPS) is 17.9. The van der Waals surface area contributed by atoms with Crippen LogP contribution in [0.5, 0.6) is 0 Å². The Morgan fingerprint density at radius 2 is 1.56 bits per heavy atom. The first-order valence-corrected chi connectivity index (χ1v) is 17.6. The van der Waals surface area contributed by atoms with E-state index in [1.54, 1.807) is 30.3 Å². The highest BCUT2D eigenvalue weighted by atomic mass is 31.2. The minimum atomic E-state index is -5.17. The molecule has 1 heterocycles. The highest BCUT2D eigenvalue weighted by molar-refractivity contribution is 7.46. The summed E-state index contributed by atoms with van der Waals surface area (Å²) in [6.45, 7) is 1.98. The summed E-state index contributed by atoms with van der Waals surface area (Å²) in [4.78, 5) is 85.9. The molecule has 1 saturated heterocycles. The van der Waals surface area contributed by atoms with Crippen molar-refractivity contribution >= 4 is 37.4 Å². The number of carboxylic acid groups (broad SMARTS) is 1. The number of hydrogen-bond acceptors (Lipinski definition) is 10. The van der Waals surface area contributed by atoms with Crippen molar-refractivity contribution in [3.63, 3.8) is 0 Å². The highest BCUT2D eigenvalue weighted by Gasteiger charge is 2.42. The van der Waals surface area contributed by atoms with Crippen LogP contribution >= 0.6 is 7.82 Å². The Balaban J connectivity index is 2.34. The van der Waals surface area contributed by atoms with Crippen LogP contribution < -0.4 is 33.2 Å². The maximum Gasteiger partial charge on any atom is 0.469 e. The number of likely N-dealkylation sites (tertiary alicyclic amines) is 1. The predicted octanol–water partition coefficient (Wildman–Crippen LogP) is -1.16. The van der Waals surface area contributed by atoms with Crippen LogP contribution in [-0.4, -0.2) is 105 Å². The summed E-state index contributed by atoms with van der Waals surface area (Å²) < 4.78 is 16.6. The molecule has 1 aliphatic heterocycles. The number of unbranched alkanes of at least 4 members (excludes halogenated alkanes) is 2. The van der Waals surface area contributed by atoms with E-state index in [-0.39, 0.29) is 25.8 Å². The van der Waals surface area contributed by atoms with E-state index in [0.717, 1.165) is 4.90 Å². The maximum absolute atomic E-state index is 14.0. The van der Waals surface area contributed by atoms with Crippen LogP contribution in [0, 0.1) is 0 Å². The lowest BCUT2D eigenvalue weighted by atomic mass is 10.0. The zero-order valence-electron chi connectivity index (χ0n) is 27.2. The molecule has 6 atom stereocenters. The molecule has 0 saturated carbocycles. The van der Waals surface area contributed by atoms with Gasteiger partial charge >= 0.3 is 13.8 Å². The molecule has 4 amide bonds. The monoisotopic (exact) mass is 699 g/mol. The second-order valence-corrected chi connectivity index (χ2v) is 13.0. The van der Waals surface area contributed by atoms with E-state index in [1.165, 1.54) is 6.92 Å². The summed E-state index contributed by atoms with van der Waals surface area (Å²) in [5.74, 6) is -4.36. The van der Waals surface area contributed by atoms with E-state index >= 15 is 0 Å². The molecule has 0 aromatic heterocycles. The van der Waals surface area contributed by atoms with Crippen LogP contribution in [0.15, 0.2) is 30.3 Å². The van der Waals surface area contributed by atoms with Crippen LogP contribution in [0.1, 0.15) is 63.9 Å². The molecule has 0 bridgehead atoms. The lowest BCUT2D eigenvalue weighted by molar-refractivity contribution is -0.146. The van der Waals surface area contributed by atoms with E-state index in [2.05, 4.69) is 16.0 Å². The zero-order chi connectivity index (χ0) is 35.9. The highest BCUT2D eigenvalue weighted by Crippen LogP contribution is 2.38. The number of phosphoric ester groups is 1. The number of aliphatic carboxylic acids is 1. The first-order chi connectivity index (χ1) is 22.7. The topological polar surface area (TPSA) is 290 Å². The number of rotatable bonds is 21. The van der Waals surface area contributed by atoms with Crippen molar-refractivity contribution in [1.29, 1.82) is 0 Å². The van der Waals surface area contributed by atoms with E-state index in [9.17, 15) is 43.4 Å². The number of phosphoric acid groups is 1. The van der Waals surface area contributed by atoms with Crippen LogP contribution in [0.3, 0.4) is 0 Å². The summed E-state index contributed by atoms with van der Waals surface area (Å²) >= 11 is 0. The van der Waals surface area contributed by atoms with Gasteiger partial charge in [-0.2, -0.15) is 0 Å². The number of nitrogens with two attached hydrogens (primary N) is 3. The Morgan fingerprint density at radius 1 is 0.938 bits per heavy atom. The van der Waals surface area contributed by atoms with Crippen molar-refractivity contribution in [2.45, 2.75) is 101 Å². The molecule has 0 aliphatic carbocycles. The zero-order valence-corrected chi connectivity index (χ0v) is 28.1. The van der Waals surface area contributed by atoms with Gasteiger partial charge in [0.05, 0.1) is 12.1 Å². The maximum atomic E-state index is 14.0. The molecule has 1 aliphatic rings. The van der Waals surface area contributed by atoms with Crippen LogP contribution in [0.25, 0.3) is 0 Å². The third-order valence-corrected chi connectivity index (χ3v) is 8.57. The van der Waals surface area contributed by atoms with Crippen LogP contribution in [0.4, 0.5) is 0 Å². The third kappa shape index (κ3) is 13.6. The molecule has 2 rings (SSSR count). The summed E-state index contributed by atoms with van der Waals surface area (Å²) in [6, 6.07) is 2.41. The first kappa shape index (κ1) is 40.7. The number of nitrogens with zero attached hydrogens (tertiary/aromatic N) is 1. The molecule has 18 heteroatoms. The summed E-state index contributed by atoms with van der Waals surface area (Å²) in [7, 11) is -5.17. The molecule has 270 valence electrons. The second kappa shape index (κ2) is 20.2. The van der Waals surface area contributed by atoms with E-state index in [0.29, 0.717) is 57.2 Å². The number of benzene rings is 1. The molecule has 1 aromatic rings. The number of carbonyl (C=O) groups excluding carboxylic acids is 4. The van der Waals surface area contributed by atoms with Crippen LogP contribution in [0.2, 0.25) is 0 Å². The fraction of sp³-hybridized carbons (Fsp3) is 0.633. The summed E-state index contributed by atoms with van der Waals surface area (Å²) in [5.41, 5.74) is 17.7. The minimum absolute atomic E-state index is 0.0158. The Labute approximate surface area is 279 Å². The smallest absolute Gasteiger partial charge is 0.469 e. The second-order valence-electron chi connectivity index (χ2n) is 11.8. The van der Waals surface area contributed by atoms with Gasteiger partial charge in [0.15, 0.2) is 0 Å². The van der Waals surface area contributed by atoms with Gasteiger partial charge in [0.1, 0.15) is 24.2 Å². The van der Waals surface area contributed by atoms with Crippen molar-refractivity contribution < 1.29 is 48.0 Å². The number of nitrogens with one attached hydrogen (secondary N) is 3. The van der Waals surface area contributed by atoms with E-state index in [1.807, 2.05) is 0 Å². The Kier molecular flexibility index (Phi) is 17.1. The summed E-state index contributed by atoms with van der Waals surface area (Å²) in [6.07, 6.45) is 1.59. The molecule has 0 radical (unpaired) electrons. The van der Waals surface area contributed by atoms with Gasteiger partial charge in [-0.3, -0.25) is 23.7 Å². The Hall–Kier alpha value is -3.44. The van der Waals surface area contributed by atoms with Gasteiger partial charge in [-0.05, 0) is 70.5 Å². The van der Waals surface area contributed by atoms with Gasteiger partial charge in [0.2, 0.25) is 23.6 Å². The van der Waals surface area contributed by atoms with Gasteiger partial charge in [-0.1, -0.05) is 36.8 Å². The Morgan fingerprint density at radius 3 is 2.15 bits per heavy atom. The number of hydrogen-bond donors (Lipinski definition) is 9. The number of carbonyl (C=O) groups is 5. The standard InChI is InChI=1S/C30H50N7O10P/c1-19(47-48(44,45)46)25(29(41)37-17-9-14-24(37)28(40)34-22(30(42)43)13-6-8-16-32)36-27(39)23(18-20-10-3-2-4-11-20)35-26(38)21(33)12-5-7-15-31/h2-4,10-11,19,21-25H,5-9,12-18,31-33H2,1H3,(H,34,40)(H,35,38)(H,36,39)(H,42,43)(H2,44,45,46)/t19-,21+,22+,23+,24+,25+/m1/s1. The van der Waals surface area contributed by atoms with Crippen molar-refractivity contribution in [3.8, 4) is 0 Å². The van der Waals surface area contributed by atoms with Crippen molar-refractivity contribution in [3.05, 3.63) is 35.9 Å². The lowest BCUT2D eigenvalue weighted by Gasteiger charge is -2.33. The minimum Gasteiger partial charge on any atom is -0.480 e. The molecule has 0 spiro atoms. The molecule has 1 aromatic carbocycles. The van der Waals surface area contributed by atoms with Gasteiger partial charge < -0.3 is 52.9 Å². The van der Waals surface area contributed by atoms with Crippen LogP contribution in [-0.2, 0) is 39.5 Å². The fourth-order valence-corrected chi connectivity index (χ4v) is 5.94. The van der Waals surface area contributed by atoms with E-state index in [4.69, 9.17) is 21.7 Å². The third-order valence-electron chi connectivity index (χ3n) is 7.96. The molecule has 0 unspecified atom stereocenters. The van der Waals surface area contributed by atoms with E-state index < -0.39 is 73.7 Å². The predicted molar refractivity (Wildman–Crippen MR) is 175 cm³/mol. The van der Waals surface area contributed by atoms with Gasteiger partial charge in [0.25, 0.3) is 0 Å². The number of amides is 4.